The van der Waals surface area contributed by atoms with Crippen LogP contribution in [0.25, 0.3) is 0 Å². The van der Waals surface area contributed by atoms with Gasteiger partial charge in [-0.1, -0.05) is 41.3 Å². The van der Waals surface area contributed by atoms with Crippen LogP contribution in [0.4, 0.5) is 4.39 Å². The highest BCUT2D eigenvalue weighted by atomic mass is 31.0. The molecular weight excluding hydrogens is 360 g/mol. The molecule has 5 heteroatoms. The van der Waals surface area contributed by atoms with Gasteiger partial charge in [0.05, 0.1) is 6.61 Å². The Morgan fingerprint density at radius 1 is 1.44 bits per heavy atom. The fourth-order valence-electron chi connectivity index (χ4n) is 3.17. The third-order valence-electron chi connectivity index (χ3n) is 5.03. The Labute approximate surface area is 166 Å². The van der Waals surface area contributed by atoms with E-state index in [4.69, 9.17) is 4.74 Å². The molecular formula is C22H35FNO2P. The Balaban J connectivity index is 3.19. The number of allylic oxidation sites excluding steroid dienone is 5. The van der Waals surface area contributed by atoms with Crippen molar-refractivity contribution in [3.8, 4) is 0 Å². The van der Waals surface area contributed by atoms with E-state index < -0.39 is 5.41 Å². The van der Waals surface area contributed by atoms with Gasteiger partial charge in [0.25, 0.3) is 5.91 Å². The van der Waals surface area contributed by atoms with E-state index >= 15 is 0 Å². The largest absolute Gasteiger partial charge is 0.381 e. The molecule has 152 valence electrons. The predicted octanol–water partition coefficient (Wildman–Crippen LogP) is 5.57. The molecule has 0 aromatic heterocycles. The standard InChI is InChI=1S/C22H35FNO2P/c1-8-16(5)20(11-10-19(15(3)4)22(7,23)27)24-14-18(12-13-26-9-2)17(6)21(24)25/h10-11,16H,3,8-9,12-14,27H2,1-2,4-7H3/b19-10+,20-11+. The molecule has 27 heavy (non-hydrogen) atoms. The molecule has 0 aliphatic carbocycles. The maximum Gasteiger partial charge on any atom is 0.253 e. The van der Waals surface area contributed by atoms with Crippen LogP contribution in [0, 0.1) is 5.92 Å². The lowest BCUT2D eigenvalue weighted by atomic mass is 10.00. The number of carbonyl (C=O) groups excluding carboxylic acids is 1. The van der Waals surface area contributed by atoms with Crippen molar-refractivity contribution in [2.24, 2.45) is 5.92 Å². The minimum atomic E-state index is -1.56. The van der Waals surface area contributed by atoms with Crippen LogP contribution in [0.5, 0.6) is 0 Å². The van der Waals surface area contributed by atoms with E-state index in [2.05, 4.69) is 29.7 Å². The normalized spacial score (nSPS) is 19.6. The number of hydrogen-bond acceptors (Lipinski definition) is 2. The molecule has 0 fully saturated rings. The van der Waals surface area contributed by atoms with Crippen molar-refractivity contribution < 1.29 is 13.9 Å². The van der Waals surface area contributed by atoms with Crippen molar-refractivity contribution in [2.45, 2.75) is 59.8 Å². The third-order valence-corrected chi connectivity index (χ3v) is 5.34. The Kier molecular flexibility index (Phi) is 9.11. The molecule has 0 radical (unpaired) electrons. The molecule has 0 bridgehead atoms. The fraction of sp³-hybridized carbons (Fsp3) is 0.591. The van der Waals surface area contributed by atoms with Gasteiger partial charge in [0.1, 0.15) is 5.41 Å². The summed E-state index contributed by atoms with van der Waals surface area (Å²) in [6, 6.07) is 0. The molecule has 0 aromatic carbocycles. The van der Waals surface area contributed by atoms with E-state index in [1.807, 2.05) is 24.8 Å². The number of amides is 1. The quantitative estimate of drug-likeness (QED) is 0.275. The molecule has 3 atom stereocenters. The summed E-state index contributed by atoms with van der Waals surface area (Å²) in [7, 11) is 2.22. The molecule has 1 aliphatic rings. The Morgan fingerprint density at radius 2 is 2.07 bits per heavy atom. The summed E-state index contributed by atoms with van der Waals surface area (Å²) in [5.41, 5.74) is 4.03. The van der Waals surface area contributed by atoms with Gasteiger partial charge in [-0.2, -0.15) is 0 Å². The predicted molar refractivity (Wildman–Crippen MR) is 115 cm³/mol. The second-order valence-electron chi connectivity index (χ2n) is 7.40. The Morgan fingerprint density at radius 3 is 2.56 bits per heavy atom. The van der Waals surface area contributed by atoms with E-state index in [1.165, 1.54) is 6.92 Å². The maximum absolute atomic E-state index is 14.5. The summed E-state index contributed by atoms with van der Waals surface area (Å²) in [6.45, 7) is 17.1. The van der Waals surface area contributed by atoms with Crippen molar-refractivity contribution in [1.29, 1.82) is 0 Å². The van der Waals surface area contributed by atoms with Crippen molar-refractivity contribution in [3.05, 3.63) is 46.7 Å². The van der Waals surface area contributed by atoms with Gasteiger partial charge >= 0.3 is 0 Å². The third kappa shape index (κ3) is 6.40. The number of carbonyl (C=O) groups is 1. The first-order valence-electron chi connectivity index (χ1n) is 9.68. The SMILES string of the molecule is C=C(C)/C(=C\C=C(/C(C)CC)N1CC(CCOCC)=C(C)C1=O)C(C)(F)P. The zero-order chi connectivity index (χ0) is 20.8. The summed E-state index contributed by atoms with van der Waals surface area (Å²) < 4.78 is 19.9. The highest BCUT2D eigenvalue weighted by Gasteiger charge is 2.31. The van der Waals surface area contributed by atoms with E-state index in [9.17, 15) is 9.18 Å². The van der Waals surface area contributed by atoms with Gasteiger partial charge in [-0.3, -0.25) is 4.79 Å². The van der Waals surface area contributed by atoms with Gasteiger partial charge in [-0.05, 0) is 63.7 Å². The molecule has 1 aliphatic heterocycles. The molecule has 0 saturated carbocycles. The summed E-state index contributed by atoms with van der Waals surface area (Å²) in [6.07, 6.45) is 5.30. The van der Waals surface area contributed by atoms with E-state index in [0.717, 1.165) is 29.7 Å². The average Bonchev–Trinajstić information content (AvgIpc) is 2.85. The molecule has 3 unspecified atom stereocenters. The minimum Gasteiger partial charge on any atom is -0.381 e. The monoisotopic (exact) mass is 395 g/mol. The number of ether oxygens (including phenoxy) is 1. The molecule has 0 saturated heterocycles. The van der Waals surface area contributed by atoms with Crippen LogP contribution in [0.15, 0.2) is 46.7 Å². The zero-order valence-electron chi connectivity index (χ0n) is 17.7. The molecule has 3 nitrogen and oxygen atoms in total. The number of hydrogen-bond donors (Lipinski definition) is 0. The van der Waals surface area contributed by atoms with Crippen LogP contribution in [-0.2, 0) is 9.53 Å². The van der Waals surface area contributed by atoms with Crippen LogP contribution in [0.3, 0.4) is 0 Å². The molecule has 1 heterocycles. The highest BCUT2D eigenvalue weighted by molar-refractivity contribution is 7.19. The van der Waals surface area contributed by atoms with Gasteiger partial charge in [0.15, 0.2) is 0 Å². The smallest absolute Gasteiger partial charge is 0.253 e. The summed E-state index contributed by atoms with van der Waals surface area (Å²) >= 11 is 0. The lowest BCUT2D eigenvalue weighted by molar-refractivity contribution is -0.124. The number of halogens is 1. The molecule has 0 aromatic rings. The average molecular weight is 395 g/mol. The first kappa shape index (κ1) is 23.8. The van der Waals surface area contributed by atoms with Gasteiger partial charge in [0, 0.05) is 24.4 Å². The van der Waals surface area contributed by atoms with Crippen LogP contribution in [0.1, 0.15) is 54.4 Å². The van der Waals surface area contributed by atoms with Crippen molar-refractivity contribution in [1.82, 2.24) is 4.90 Å². The van der Waals surface area contributed by atoms with Gasteiger partial charge in [-0.15, -0.1) is 0 Å². The van der Waals surface area contributed by atoms with E-state index in [-0.39, 0.29) is 11.8 Å². The van der Waals surface area contributed by atoms with E-state index in [0.29, 0.717) is 30.9 Å². The summed E-state index contributed by atoms with van der Waals surface area (Å²) in [5.74, 6) is 0.221. The number of alkyl halides is 1. The van der Waals surface area contributed by atoms with Crippen LogP contribution in [0.2, 0.25) is 0 Å². The van der Waals surface area contributed by atoms with Crippen molar-refractivity contribution in [2.75, 3.05) is 19.8 Å². The Hall–Kier alpha value is -1.25. The fourth-order valence-corrected chi connectivity index (χ4v) is 3.51. The lowest BCUT2D eigenvalue weighted by Gasteiger charge is -2.26. The number of rotatable bonds is 10. The first-order valence-corrected chi connectivity index (χ1v) is 10.3. The maximum atomic E-state index is 14.5. The van der Waals surface area contributed by atoms with Crippen LogP contribution in [-0.4, -0.2) is 36.0 Å². The van der Waals surface area contributed by atoms with E-state index in [1.54, 1.807) is 13.0 Å². The highest BCUT2D eigenvalue weighted by Crippen LogP contribution is 2.34. The second kappa shape index (κ2) is 10.3. The van der Waals surface area contributed by atoms with Gasteiger partial charge in [0.2, 0.25) is 0 Å². The minimum absolute atomic E-state index is 0.0345. The van der Waals surface area contributed by atoms with Crippen molar-refractivity contribution in [3.63, 3.8) is 0 Å². The van der Waals surface area contributed by atoms with Crippen LogP contribution < -0.4 is 0 Å². The van der Waals surface area contributed by atoms with Crippen molar-refractivity contribution >= 4 is 15.1 Å². The molecule has 0 spiro atoms. The van der Waals surface area contributed by atoms with Crippen LogP contribution >= 0.6 is 9.24 Å². The number of nitrogens with zero attached hydrogens (tertiary/aromatic N) is 1. The first-order chi connectivity index (χ1) is 12.5. The summed E-state index contributed by atoms with van der Waals surface area (Å²) in [4.78, 5) is 14.7. The molecule has 0 N–H and O–H groups in total. The zero-order valence-corrected chi connectivity index (χ0v) is 18.8. The molecule has 1 rings (SSSR count). The summed E-state index contributed by atoms with van der Waals surface area (Å²) in [5, 5.41) is -1.56. The topological polar surface area (TPSA) is 29.5 Å². The second-order valence-corrected chi connectivity index (χ2v) is 8.49. The lowest BCUT2D eigenvalue weighted by Crippen LogP contribution is -2.29. The molecule has 1 amide bonds. The van der Waals surface area contributed by atoms with Gasteiger partial charge in [-0.25, -0.2) is 4.39 Å². The van der Waals surface area contributed by atoms with Gasteiger partial charge < -0.3 is 9.64 Å². The Bertz CT molecular complexity index is 656.